The van der Waals surface area contributed by atoms with E-state index in [0.717, 1.165) is 10.2 Å². The monoisotopic (exact) mass is 839 g/mol. The van der Waals surface area contributed by atoms with Gasteiger partial charge in [0.05, 0.1) is 43.0 Å². The number of hydrogen-bond donors (Lipinski definition) is 2. The summed E-state index contributed by atoms with van der Waals surface area (Å²) in [5, 5.41) is 19.9. The number of carbonyl (C=O) groups excluding carboxylic acids is 3. The molecule has 60 heavy (non-hydrogen) atoms. The second-order valence-electron chi connectivity index (χ2n) is 17.3. The van der Waals surface area contributed by atoms with E-state index in [-0.39, 0.29) is 62.5 Å². The lowest BCUT2D eigenvalue weighted by Gasteiger charge is -2.46. The number of fused-ring (bicyclic) bond motifs is 4. The number of rotatable bonds is 8. The molecule has 4 aliphatic rings. The minimum atomic E-state index is -1.23. The van der Waals surface area contributed by atoms with Crippen LogP contribution < -0.4 is 5.73 Å². The molecule has 2 bridgehead atoms. The first kappa shape index (κ1) is 45.2. The third kappa shape index (κ3) is 9.73. The van der Waals surface area contributed by atoms with Gasteiger partial charge in [0.1, 0.15) is 49.0 Å². The van der Waals surface area contributed by atoms with Crippen molar-refractivity contribution in [2.24, 2.45) is 33.6 Å². The van der Waals surface area contributed by atoms with Crippen molar-refractivity contribution in [1.82, 2.24) is 19.7 Å². The third-order valence-electron chi connectivity index (χ3n) is 12.5. The van der Waals surface area contributed by atoms with Gasteiger partial charge in [-0.3, -0.25) is 14.4 Å². The summed E-state index contributed by atoms with van der Waals surface area (Å²) in [7, 11) is 3.79. The number of benzene rings is 1. The number of amidine groups is 1. The maximum atomic E-state index is 14.5. The van der Waals surface area contributed by atoms with Crippen LogP contribution in [0.3, 0.4) is 0 Å². The summed E-state index contributed by atoms with van der Waals surface area (Å²) in [4.78, 5) is 57.6. The van der Waals surface area contributed by atoms with Gasteiger partial charge < -0.3 is 49.0 Å². The molecule has 330 valence electrons. The van der Waals surface area contributed by atoms with Crippen molar-refractivity contribution in [1.29, 1.82) is 0 Å². The fourth-order valence-corrected chi connectivity index (χ4v) is 8.87. The van der Waals surface area contributed by atoms with Crippen molar-refractivity contribution < 1.29 is 52.7 Å². The first-order chi connectivity index (χ1) is 28.4. The second kappa shape index (κ2) is 18.7. The molecule has 3 unspecified atom stereocenters. The topological polar surface area (TPSA) is 221 Å². The van der Waals surface area contributed by atoms with Crippen molar-refractivity contribution >= 4 is 29.4 Å². The quantitative estimate of drug-likeness (QED) is 0.288. The van der Waals surface area contributed by atoms with Crippen LogP contribution in [0.2, 0.25) is 0 Å². The van der Waals surface area contributed by atoms with Crippen molar-refractivity contribution in [3.8, 4) is 0 Å². The molecule has 2 aromatic rings. The van der Waals surface area contributed by atoms with Crippen LogP contribution in [0.15, 0.2) is 47.1 Å². The molecular weight excluding hydrogens is 778 g/mol. The number of esters is 1. The Morgan fingerprint density at radius 1 is 1.08 bits per heavy atom. The van der Waals surface area contributed by atoms with Gasteiger partial charge in [-0.2, -0.15) is 9.78 Å². The number of likely N-dealkylation sites (N-methyl/N-ethyl adjacent to an activating group) is 1. The number of cyclic esters (lactones) is 1. The molecule has 0 amide bonds. The first-order valence-electron chi connectivity index (χ1n) is 20.8. The van der Waals surface area contributed by atoms with Crippen molar-refractivity contribution in [3.63, 3.8) is 0 Å². The molecule has 3 N–H and O–H groups in total. The normalized spacial score (nSPS) is 37.5. The molecule has 4 aliphatic heterocycles. The molecule has 13 atom stereocenters. The zero-order valence-corrected chi connectivity index (χ0v) is 36.1. The van der Waals surface area contributed by atoms with E-state index in [0.29, 0.717) is 24.1 Å². The standard InChI is InChI=1S/C42H61N7O11/c1-10-32-42(7)36(46-40(43)60-42)26(5)34(50)23(2)17-41(6)33(59-39-35(51)30(48(8)9)15-24(3)57-39)16-31(25(4)38(53)58-32)54-19-29(20-55-41)47-56-18-27-11-13-28(14-12-27)37(52)49-22-44-21-45-49/h11-14,21-26,30-33,35-36,39,51H,10,15-20H2,1-9H3,(H2,43,46)/b47-29+/t23-,24-,25-,26+,30+,31-,32-,33-,35-,36?,39?,41+,42?/m1/s1. The van der Waals surface area contributed by atoms with Gasteiger partial charge in [0.15, 0.2) is 11.9 Å². The van der Waals surface area contributed by atoms with Crippen LogP contribution in [-0.4, -0.2) is 142 Å². The van der Waals surface area contributed by atoms with E-state index in [1.807, 2.05) is 46.7 Å². The van der Waals surface area contributed by atoms with Crippen LogP contribution >= 0.6 is 0 Å². The van der Waals surface area contributed by atoms with Crippen LogP contribution in [0.1, 0.15) is 90.1 Å². The van der Waals surface area contributed by atoms with Gasteiger partial charge in [0.25, 0.3) is 11.9 Å². The van der Waals surface area contributed by atoms with Crippen molar-refractivity contribution in [2.75, 3.05) is 27.3 Å². The molecule has 18 nitrogen and oxygen atoms in total. The molecule has 18 heteroatoms. The number of oxime groups is 1. The molecule has 1 aromatic carbocycles. The van der Waals surface area contributed by atoms with E-state index >= 15 is 0 Å². The number of nitrogens with zero attached hydrogens (tertiary/aromatic N) is 6. The molecule has 0 radical (unpaired) electrons. The number of carbonyl (C=O) groups is 3. The third-order valence-corrected chi connectivity index (χ3v) is 12.5. The van der Waals surface area contributed by atoms with Crippen LogP contribution in [0.4, 0.5) is 0 Å². The average Bonchev–Trinajstić information content (AvgIpc) is 3.88. The smallest absolute Gasteiger partial charge is 0.311 e. The number of aromatic nitrogens is 3. The van der Waals surface area contributed by atoms with Crippen LogP contribution in [0.5, 0.6) is 0 Å². The Morgan fingerprint density at radius 2 is 1.82 bits per heavy atom. The summed E-state index contributed by atoms with van der Waals surface area (Å²) in [5.41, 5.74) is 5.25. The van der Waals surface area contributed by atoms with Gasteiger partial charge in [-0.1, -0.05) is 38.1 Å². The number of Topliss-reactive ketones (excluding diaryl/α,β-unsaturated/α-hetero) is 1. The number of hydrogen-bond acceptors (Lipinski definition) is 17. The maximum absolute atomic E-state index is 14.5. The van der Waals surface area contributed by atoms with E-state index in [9.17, 15) is 19.5 Å². The number of ether oxygens (including phenoxy) is 6. The van der Waals surface area contributed by atoms with Gasteiger partial charge in [0.2, 0.25) is 0 Å². The molecule has 0 spiro atoms. The Morgan fingerprint density at radius 3 is 2.48 bits per heavy atom. The Hall–Kier alpha value is -4.33. The minimum Gasteiger partial charge on any atom is -0.458 e. The van der Waals surface area contributed by atoms with Crippen LogP contribution in [0, 0.1) is 17.8 Å². The van der Waals surface area contributed by atoms with E-state index < -0.39 is 71.7 Å². The summed E-state index contributed by atoms with van der Waals surface area (Å²) in [6, 6.07) is 5.77. The predicted octanol–water partition coefficient (Wildman–Crippen LogP) is 2.89. The molecule has 3 saturated heterocycles. The van der Waals surface area contributed by atoms with Gasteiger partial charge in [-0.05, 0) is 78.7 Å². The molecule has 1 aromatic heterocycles. The molecular formula is C42H61N7O11. The SMILES string of the molecule is CC[C@H]1OC(=O)[C@H](C)[C@H]2C[C@@H](OC3O[C@H](C)C[C@H](N(C)C)[C@H]3O)[C@](C)(C[C@@H](C)C(=O)[C@H](C)C3N=C(N)OC31C)OC/C(=N/OCc1ccc(C(=O)n3cncn3)cc1)CO2. The Bertz CT molecular complexity index is 1880. The molecule has 0 saturated carbocycles. The fourth-order valence-electron chi connectivity index (χ4n) is 8.87. The largest absolute Gasteiger partial charge is 0.458 e. The summed E-state index contributed by atoms with van der Waals surface area (Å²) < 4.78 is 39.9. The summed E-state index contributed by atoms with van der Waals surface area (Å²) in [6.45, 7) is 12.7. The summed E-state index contributed by atoms with van der Waals surface area (Å²) in [6.07, 6.45) is -0.955. The highest BCUT2D eigenvalue weighted by atomic mass is 16.7. The molecule has 6 rings (SSSR count). The lowest BCUT2D eigenvalue weighted by Crippen LogP contribution is -2.58. The number of aliphatic imine (C=N–C) groups is 1. The number of ketones is 1. The van der Waals surface area contributed by atoms with E-state index in [2.05, 4.69) is 20.2 Å². The van der Waals surface area contributed by atoms with Gasteiger partial charge in [0, 0.05) is 29.9 Å². The summed E-state index contributed by atoms with van der Waals surface area (Å²) in [5.74, 6) is -3.11. The fraction of sp³-hybridized carbons (Fsp3) is 0.690. The molecule has 0 aliphatic carbocycles. The van der Waals surface area contributed by atoms with Gasteiger partial charge in [-0.15, -0.1) is 0 Å². The number of aliphatic hydroxyl groups excluding tert-OH is 1. The highest BCUT2D eigenvalue weighted by molar-refractivity contribution is 5.95. The lowest BCUT2D eigenvalue weighted by atomic mass is 9.75. The predicted molar refractivity (Wildman–Crippen MR) is 217 cm³/mol. The Labute approximate surface area is 351 Å². The zero-order valence-electron chi connectivity index (χ0n) is 36.1. The highest BCUT2D eigenvalue weighted by Gasteiger charge is 2.55. The molecule has 5 heterocycles. The Kier molecular flexibility index (Phi) is 14.1. The number of aliphatic hydroxyl groups is 1. The average molecular weight is 840 g/mol. The first-order valence-corrected chi connectivity index (χ1v) is 20.8. The van der Waals surface area contributed by atoms with Crippen LogP contribution in [-0.2, 0) is 49.5 Å². The Balaban J connectivity index is 1.33. The number of nitrogens with two attached hydrogens (primary N) is 1. The maximum Gasteiger partial charge on any atom is 0.311 e. The summed E-state index contributed by atoms with van der Waals surface area (Å²) >= 11 is 0. The minimum absolute atomic E-state index is 0.0649. The second-order valence-corrected chi connectivity index (χ2v) is 17.3. The zero-order chi connectivity index (χ0) is 43.5. The highest BCUT2D eigenvalue weighted by Crippen LogP contribution is 2.41. The lowest BCUT2D eigenvalue weighted by molar-refractivity contribution is -0.294. The van der Waals surface area contributed by atoms with Gasteiger partial charge in [-0.25, -0.2) is 9.98 Å². The van der Waals surface area contributed by atoms with E-state index in [4.69, 9.17) is 39.0 Å². The van der Waals surface area contributed by atoms with E-state index in [1.54, 1.807) is 45.0 Å². The van der Waals surface area contributed by atoms with Gasteiger partial charge >= 0.3 is 5.97 Å². The van der Waals surface area contributed by atoms with E-state index in [1.165, 1.54) is 12.7 Å². The van der Waals surface area contributed by atoms with Crippen molar-refractivity contribution in [2.45, 2.75) is 141 Å². The molecule has 3 fully saturated rings. The van der Waals surface area contributed by atoms with Crippen molar-refractivity contribution in [3.05, 3.63) is 48.0 Å². The van der Waals surface area contributed by atoms with Crippen LogP contribution in [0.25, 0.3) is 0 Å².